The molecular weight excluding hydrogens is 334 g/mol. The van der Waals surface area contributed by atoms with Crippen LogP contribution in [0.3, 0.4) is 0 Å². The van der Waals surface area contributed by atoms with Gasteiger partial charge in [0.1, 0.15) is 11.6 Å². The number of benzene rings is 2. The van der Waals surface area contributed by atoms with Crippen LogP contribution in [0.25, 0.3) is 11.1 Å². The molecule has 1 heterocycles. The zero-order valence-electron chi connectivity index (χ0n) is 14.2. The maximum Gasteiger partial charge on any atom is 0.207 e. The molecular formula is C21H18F2N2O. The van der Waals surface area contributed by atoms with E-state index in [9.17, 15) is 13.6 Å². The number of halogens is 2. The average Bonchev–Trinajstić information content (AvgIpc) is 2.61. The molecule has 1 amide bonds. The van der Waals surface area contributed by atoms with Gasteiger partial charge in [-0.3, -0.25) is 9.78 Å². The van der Waals surface area contributed by atoms with Gasteiger partial charge in [-0.05, 0) is 48.2 Å². The number of aromatic nitrogens is 1. The van der Waals surface area contributed by atoms with Crippen LogP contribution in [0, 0.1) is 18.6 Å². The van der Waals surface area contributed by atoms with E-state index in [0.29, 0.717) is 17.7 Å². The van der Waals surface area contributed by atoms with Crippen LogP contribution in [0.2, 0.25) is 0 Å². The molecule has 1 unspecified atom stereocenters. The Morgan fingerprint density at radius 3 is 2.42 bits per heavy atom. The van der Waals surface area contributed by atoms with Crippen molar-refractivity contribution in [2.24, 2.45) is 0 Å². The molecule has 5 heteroatoms. The fourth-order valence-corrected chi connectivity index (χ4v) is 3.08. The van der Waals surface area contributed by atoms with E-state index in [0.717, 1.165) is 22.8 Å². The van der Waals surface area contributed by atoms with E-state index in [4.69, 9.17) is 0 Å². The maximum absolute atomic E-state index is 13.5. The first-order valence-corrected chi connectivity index (χ1v) is 8.24. The molecule has 26 heavy (non-hydrogen) atoms. The minimum absolute atomic E-state index is 0.226. The molecule has 3 aromatic rings. The van der Waals surface area contributed by atoms with Gasteiger partial charge < -0.3 is 5.32 Å². The van der Waals surface area contributed by atoms with Crippen molar-refractivity contribution in [2.45, 2.75) is 19.4 Å². The zero-order chi connectivity index (χ0) is 18.5. The smallest absolute Gasteiger partial charge is 0.207 e. The Morgan fingerprint density at radius 1 is 1.04 bits per heavy atom. The van der Waals surface area contributed by atoms with Crippen molar-refractivity contribution in [2.75, 3.05) is 0 Å². The van der Waals surface area contributed by atoms with E-state index < -0.39 is 17.7 Å². The lowest BCUT2D eigenvalue weighted by atomic mass is 9.93. The number of amides is 1. The predicted molar refractivity (Wildman–Crippen MR) is 96.4 cm³/mol. The van der Waals surface area contributed by atoms with Crippen molar-refractivity contribution < 1.29 is 13.6 Å². The Hall–Kier alpha value is -3.08. The molecule has 132 valence electrons. The second kappa shape index (κ2) is 7.87. The van der Waals surface area contributed by atoms with E-state index >= 15 is 0 Å². The van der Waals surface area contributed by atoms with Gasteiger partial charge >= 0.3 is 0 Å². The van der Waals surface area contributed by atoms with Crippen molar-refractivity contribution in [1.82, 2.24) is 10.3 Å². The molecule has 0 aliphatic carbocycles. The number of rotatable bonds is 6. The Morgan fingerprint density at radius 2 is 1.73 bits per heavy atom. The highest BCUT2D eigenvalue weighted by Crippen LogP contribution is 2.30. The topological polar surface area (TPSA) is 42.0 Å². The molecule has 1 N–H and O–H groups in total. The van der Waals surface area contributed by atoms with Crippen LogP contribution in [0.5, 0.6) is 0 Å². The van der Waals surface area contributed by atoms with Gasteiger partial charge in [-0.15, -0.1) is 0 Å². The summed E-state index contributed by atoms with van der Waals surface area (Å²) < 4.78 is 27.0. The van der Waals surface area contributed by atoms with E-state index in [-0.39, 0.29) is 6.42 Å². The summed E-state index contributed by atoms with van der Waals surface area (Å²) in [5.41, 5.74) is 4.05. The first-order valence-electron chi connectivity index (χ1n) is 8.24. The summed E-state index contributed by atoms with van der Waals surface area (Å²) in [6, 6.07) is 14.5. The Balaban J connectivity index is 2.04. The molecule has 0 aliphatic rings. The van der Waals surface area contributed by atoms with E-state index in [1.54, 1.807) is 6.20 Å². The molecule has 3 nitrogen and oxygen atoms in total. The number of pyridine rings is 1. The van der Waals surface area contributed by atoms with Crippen molar-refractivity contribution in [1.29, 1.82) is 0 Å². The van der Waals surface area contributed by atoms with Gasteiger partial charge in [0, 0.05) is 17.8 Å². The van der Waals surface area contributed by atoms with Gasteiger partial charge in [-0.25, -0.2) is 8.78 Å². The first kappa shape index (κ1) is 17.7. The highest BCUT2D eigenvalue weighted by molar-refractivity contribution is 5.70. The molecule has 0 aliphatic heterocycles. The number of nitrogens with one attached hydrogen (secondary N) is 1. The first-order chi connectivity index (χ1) is 12.6. The summed E-state index contributed by atoms with van der Waals surface area (Å²) >= 11 is 0. The van der Waals surface area contributed by atoms with Crippen molar-refractivity contribution in [3.05, 3.63) is 89.2 Å². The molecule has 0 saturated heterocycles. The van der Waals surface area contributed by atoms with Crippen molar-refractivity contribution in [3.8, 4) is 11.1 Å². The zero-order valence-corrected chi connectivity index (χ0v) is 14.2. The van der Waals surface area contributed by atoms with Gasteiger partial charge in [0.05, 0.1) is 11.7 Å². The van der Waals surface area contributed by atoms with Crippen LogP contribution in [0.15, 0.2) is 60.8 Å². The lowest BCUT2D eigenvalue weighted by Gasteiger charge is -2.20. The molecule has 1 atom stereocenters. The molecule has 0 radical (unpaired) electrons. The molecule has 0 fully saturated rings. The number of hydrogen-bond donors (Lipinski definition) is 1. The van der Waals surface area contributed by atoms with Gasteiger partial charge in [-0.2, -0.15) is 0 Å². The Kier molecular flexibility index (Phi) is 5.37. The summed E-state index contributed by atoms with van der Waals surface area (Å²) in [5.74, 6) is -1.30. The molecule has 0 spiro atoms. The molecule has 2 aromatic carbocycles. The summed E-state index contributed by atoms with van der Waals surface area (Å²) in [7, 11) is 0. The second-order valence-corrected chi connectivity index (χ2v) is 6.07. The van der Waals surface area contributed by atoms with E-state index in [1.807, 2.05) is 43.3 Å². The molecule has 3 rings (SSSR count). The number of carbonyl (C=O) groups is 1. The Labute approximate surface area is 150 Å². The Bertz CT molecular complexity index is 907. The summed E-state index contributed by atoms with van der Waals surface area (Å²) in [6.45, 7) is 2.00. The molecule has 1 aromatic heterocycles. The largest absolute Gasteiger partial charge is 0.350 e. The van der Waals surface area contributed by atoms with Crippen LogP contribution >= 0.6 is 0 Å². The standard InChI is InChI=1S/C21H18F2N2O/c1-14-5-2-3-6-18(14)19-7-4-8-24-21(19)20(25-13-26)11-15-9-16(22)12-17(23)10-15/h2-10,12-13,20H,11H2,1H3,(H,25,26). The number of aryl methyl sites for hydroxylation is 1. The molecule has 0 saturated carbocycles. The summed E-state index contributed by atoms with van der Waals surface area (Å²) in [6.07, 6.45) is 2.45. The number of hydrogen-bond acceptors (Lipinski definition) is 2. The normalized spacial score (nSPS) is 11.8. The van der Waals surface area contributed by atoms with Gasteiger partial charge in [-0.1, -0.05) is 30.3 Å². The maximum atomic E-state index is 13.5. The number of nitrogens with zero attached hydrogens (tertiary/aromatic N) is 1. The highest BCUT2D eigenvalue weighted by Gasteiger charge is 2.19. The van der Waals surface area contributed by atoms with Crippen molar-refractivity contribution >= 4 is 6.41 Å². The van der Waals surface area contributed by atoms with E-state index in [2.05, 4.69) is 10.3 Å². The minimum Gasteiger partial charge on any atom is -0.350 e. The average molecular weight is 352 g/mol. The van der Waals surface area contributed by atoms with Crippen molar-refractivity contribution in [3.63, 3.8) is 0 Å². The monoisotopic (exact) mass is 352 g/mol. The lowest BCUT2D eigenvalue weighted by molar-refractivity contribution is -0.110. The second-order valence-electron chi connectivity index (χ2n) is 6.07. The highest BCUT2D eigenvalue weighted by atomic mass is 19.1. The third-order valence-electron chi connectivity index (χ3n) is 4.24. The SMILES string of the molecule is Cc1ccccc1-c1cccnc1C(Cc1cc(F)cc(F)c1)NC=O. The predicted octanol–water partition coefficient (Wildman–Crippen LogP) is 4.37. The van der Waals surface area contributed by atoms with Crippen LogP contribution in [0.4, 0.5) is 8.78 Å². The van der Waals surface area contributed by atoms with Crippen LogP contribution in [-0.4, -0.2) is 11.4 Å². The quantitative estimate of drug-likeness (QED) is 0.670. The van der Waals surface area contributed by atoms with E-state index in [1.165, 1.54) is 12.1 Å². The third-order valence-corrected chi connectivity index (χ3v) is 4.24. The molecule has 0 bridgehead atoms. The van der Waals surface area contributed by atoms with Crippen LogP contribution in [-0.2, 0) is 11.2 Å². The van der Waals surface area contributed by atoms with Gasteiger partial charge in [0.25, 0.3) is 0 Å². The lowest BCUT2D eigenvalue weighted by Crippen LogP contribution is -2.23. The van der Waals surface area contributed by atoms with Crippen LogP contribution < -0.4 is 5.32 Å². The summed E-state index contributed by atoms with van der Waals surface area (Å²) in [5, 5.41) is 2.73. The fourth-order valence-electron chi connectivity index (χ4n) is 3.08. The number of carbonyl (C=O) groups excluding carboxylic acids is 1. The third kappa shape index (κ3) is 3.94. The summed E-state index contributed by atoms with van der Waals surface area (Å²) in [4.78, 5) is 15.6. The van der Waals surface area contributed by atoms with Gasteiger partial charge in [0.2, 0.25) is 6.41 Å². The van der Waals surface area contributed by atoms with Crippen LogP contribution in [0.1, 0.15) is 22.9 Å². The van der Waals surface area contributed by atoms with Gasteiger partial charge in [0.15, 0.2) is 0 Å². The minimum atomic E-state index is -0.648. The fraction of sp³-hybridized carbons (Fsp3) is 0.143.